The summed E-state index contributed by atoms with van der Waals surface area (Å²) in [5.74, 6) is 0.791. The Morgan fingerprint density at radius 1 is 1.50 bits per heavy atom. The van der Waals surface area contributed by atoms with Crippen molar-refractivity contribution >= 4 is 27.5 Å². The first kappa shape index (κ1) is 10.4. The summed E-state index contributed by atoms with van der Waals surface area (Å²) in [4.78, 5) is 4.71. The molecule has 3 heteroatoms. The third-order valence-electron chi connectivity index (χ3n) is 2.84. The third kappa shape index (κ3) is 2.48. The second-order valence-electron chi connectivity index (χ2n) is 3.95. The van der Waals surface area contributed by atoms with Crippen molar-refractivity contribution in [1.82, 2.24) is 4.98 Å². The van der Waals surface area contributed by atoms with Crippen LogP contribution in [-0.4, -0.2) is 9.81 Å². The topological polar surface area (TPSA) is 12.9 Å². The van der Waals surface area contributed by atoms with Crippen LogP contribution in [0.5, 0.6) is 0 Å². The van der Waals surface area contributed by atoms with Crippen molar-refractivity contribution in [2.75, 3.05) is 0 Å². The van der Waals surface area contributed by atoms with Crippen molar-refractivity contribution in [3.8, 4) is 0 Å². The van der Waals surface area contributed by atoms with Crippen molar-refractivity contribution < 1.29 is 0 Å². The van der Waals surface area contributed by atoms with Crippen LogP contribution in [0.4, 0.5) is 0 Å². The Bertz CT molecular complexity index is 316. The normalized spacial score (nSPS) is 26.7. The van der Waals surface area contributed by atoms with Gasteiger partial charge in [-0.2, -0.15) is 0 Å². The number of hydrogen-bond acceptors (Lipinski definition) is 1. The Morgan fingerprint density at radius 2 is 2.36 bits per heavy atom. The van der Waals surface area contributed by atoms with Gasteiger partial charge in [0.1, 0.15) is 0 Å². The predicted molar refractivity (Wildman–Crippen MR) is 63.0 cm³/mol. The van der Waals surface area contributed by atoms with Crippen molar-refractivity contribution in [3.05, 3.63) is 29.0 Å². The summed E-state index contributed by atoms with van der Waals surface area (Å²) >= 11 is 9.73. The lowest BCUT2D eigenvalue weighted by molar-refractivity contribution is 0.548. The van der Waals surface area contributed by atoms with Crippen molar-refractivity contribution in [2.45, 2.75) is 30.5 Å². The number of nitrogens with zero attached hydrogens (tertiary/aromatic N) is 1. The molecule has 0 bridgehead atoms. The lowest BCUT2D eigenvalue weighted by atomic mass is 9.99. The Balaban J connectivity index is 2.01. The van der Waals surface area contributed by atoms with Gasteiger partial charge in [-0.15, -0.1) is 0 Å². The number of alkyl halides is 1. The molecule has 0 spiro atoms. The van der Waals surface area contributed by atoms with Gasteiger partial charge in [-0.3, -0.25) is 4.98 Å². The standard InChI is InChI=1S/C11H13BrClN/c12-10-2-1-8(6-10)5-9-3-4-14-7-11(9)13/h3-4,7-8,10H,1-2,5-6H2. The average Bonchev–Trinajstić information content (AvgIpc) is 2.56. The summed E-state index contributed by atoms with van der Waals surface area (Å²) in [6, 6.07) is 2.03. The summed E-state index contributed by atoms with van der Waals surface area (Å²) in [5, 5.41) is 0.811. The minimum absolute atomic E-state index is 0.716. The highest BCUT2D eigenvalue weighted by atomic mass is 79.9. The van der Waals surface area contributed by atoms with Gasteiger partial charge in [0.15, 0.2) is 0 Å². The average molecular weight is 275 g/mol. The zero-order chi connectivity index (χ0) is 9.97. The molecule has 1 fully saturated rings. The fraction of sp³-hybridized carbons (Fsp3) is 0.545. The van der Waals surface area contributed by atoms with Gasteiger partial charge in [0.05, 0.1) is 5.02 Å². The maximum absolute atomic E-state index is 6.06. The molecule has 2 atom stereocenters. The van der Waals surface area contributed by atoms with Crippen LogP contribution in [0.1, 0.15) is 24.8 Å². The van der Waals surface area contributed by atoms with E-state index in [1.807, 2.05) is 12.3 Å². The quantitative estimate of drug-likeness (QED) is 0.747. The number of aromatic nitrogens is 1. The molecule has 0 N–H and O–H groups in total. The minimum atomic E-state index is 0.716. The van der Waals surface area contributed by atoms with E-state index in [-0.39, 0.29) is 0 Å². The van der Waals surface area contributed by atoms with Gasteiger partial charge in [-0.1, -0.05) is 27.5 Å². The summed E-state index contributed by atoms with van der Waals surface area (Å²) in [6.45, 7) is 0. The van der Waals surface area contributed by atoms with Crippen LogP contribution in [0, 0.1) is 5.92 Å². The van der Waals surface area contributed by atoms with E-state index in [0.717, 1.165) is 17.4 Å². The van der Waals surface area contributed by atoms with Crippen LogP contribution in [0.25, 0.3) is 0 Å². The predicted octanol–water partition coefficient (Wildman–Crippen LogP) is 3.84. The molecule has 2 rings (SSSR count). The first-order valence-electron chi connectivity index (χ1n) is 4.98. The highest BCUT2D eigenvalue weighted by Crippen LogP contribution is 2.33. The summed E-state index contributed by atoms with van der Waals surface area (Å²) < 4.78 is 0. The smallest absolute Gasteiger partial charge is 0.0621 e. The maximum Gasteiger partial charge on any atom is 0.0621 e. The highest BCUT2D eigenvalue weighted by molar-refractivity contribution is 9.09. The monoisotopic (exact) mass is 273 g/mol. The Labute approximate surface area is 98.0 Å². The molecular formula is C11H13BrClN. The fourth-order valence-electron chi connectivity index (χ4n) is 2.08. The van der Waals surface area contributed by atoms with E-state index >= 15 is 0 Å². The first-order valence-corrected chi connectivity index (χ1v) is 6.27. The molecular weight excluding hydrogens is 261 g/mol. The molecule has 76 valence electrons. The lowest BCUT2D eigenvalue weighted by Gasteiger charge is -2.09. The van der Waals surface area contributed by atoms with E-state index in [4.69, 9.17) is 11.6 Å². The van der Waals surface area contributed by atoms with Crippen molar-refractivity contribution in [3.63, 3.8) is 0 Å². The Morgan fingerprint density at radius 3 is 3.00 bits per heavy atom. The van der Waals surface area contributed by atoms with E-state index in [9.17, 15) is 0 Å². The molecule has 0 amide bonds. The zero-order valence-electron chi connectivity index (χ0n) is 7.92. The van der Waals surface area contributed by atoms with Crippen LogP contribution < -0.4 is 0 Å². The molecule has 1 saturated carbocycles. The van der Waals surface area contributed by atoms with Gasteiger partial charge in [0, 0.05) is 17.2 Å². The second-order valence-corrected chi connectivity index (χ2v) is 5.65. The van der Waals surface area contributed by atoms with E-state index in [1.54, 1.807) is 6.20 Å². The molecule has 1 nitrogen and oxygen atoms in total. The minimum Gasteiger partial charge on any atom is -0.263 e. The third-order valence-corrected chi connectivity index (χ3v) is 4.01. The zero-order valence-corrected chi connectivity index (χ0v) is 10.3. The molecule has 1 aliphatic carbocycles. The first-order chi connectivity index (χ1) is 6.75. The highest BCUT2D eigenvalue weighted by Gasteiger charge is 2.23. The summed E-state index contributed by atoms with van der Waals surface area (Å²) in [6.07, 6.45) is 8.54. The van der Waals surface area contributed by atoms with E-state index in [2.05, 4.69) is 20.9 Å². The van der Waals surface area contributed by atoms with Gasteiger partial charge < -0.3 is 0 Å². The van der Waals surface area contributed by atoms with E-state index in [0.29, 0.717) is 4.83 Å². The van der Waals surface area contributed by atoms with Crippen LogP contribution in [0.15, 0.2) is 18.5 Å². The molecule has 0 aliphatic heterocycles. The molecule has 0 saturated heterocycles. The molecule has 14 heavy (non-hydrogen) atoms. The van der Waals surface area contributed by atoms with E-state index < -0.39 is 0 Å². The molecule has 0 aromatic carbocycles. The molecule has 2 unspecified atom stereocenters. The number of pyridine rings is 1. The largest absolute Gasteiger partial charge is 0.263 e. The van der Waals surface area contributed by atoms with Gasteiger partial charge in [0.2, 0.25) is 0 Å². The number of rotatable bonds is 2. The van der Waals surface area contributed by atoms with Crippen LogP contribution in [0.2, 0.25) is 5.02 Å². The van der Waals surface area contributed by atoms with Crippen LogP contribution >= 0.6 is 27.5 Å². The van der Waals surface area contributed by atoms with E-state index in [1.165, 1.54) is 24.8 Å². The SMILES string of the molecule is Clc1cnccc1CC1CCC(Br)C1. The molecule has 1 heterocycles. The van der Waals surface area contributed by atoms with Crippen molar-refractivity contribution in [2.24, 2.45) is 5.92 Å². The van der Waals surface area contributed by atoms with Gasteiger partial charge in [0.25, 0.3) is 0 Å². The summed E-state index contributed by atoms with van der Waals surface area (Å²) in [5.41, 5.74) is 1.24. The summed E-state index contributed by atoms with van der Waals surface area (Å²) in [7, 11) is 0. The lowest BCUT2D eigenvalue weighted by Crippen LogP contribution is -2.01. The molecule has 1 aliphatic rings. The van der Waals surface area contributed by atoms with Crippen LogP contribution in [-0.2, 0) is 6.42 Å². The van der Waals surface area contributed by atoms with Gasteiger partial charge in [-0.05, 0) is 43.2 Å². The molecule has 1 aromatic rings. The molecule has 0 radical (unpaired) electrons. The van der Waals surface area contributed by atoms with Crippen LogP contribution in [0.3, 0.4) is 0 Å². The Hall–Kier alpha value is -0.0800. The Kier molecular flexibility index (Phi) is 3.45. The van der Waals surface area contributed by atoms with Crippen molar-refractivity contribution in [1.29, 1.82) is 0 Å². The maximum atomic E-state index is 6.06. The number of hydrogen-bond donors (Lipinski definition) is 0. The van der Waals surface area contributed by atoms with Gasteiger partial charge >= 0.3 is 0 Å². The number of halogens is 2. The second kappa shape index (κ2) is 4.63. The molecule has 1 aromatic heterocycles. The fourth-order valence-corrected chi connectivity index (χ4v) is 3.07. The van der Waals surface area contributed by atoms with Gasteiger partial charge in [-0.25, -0.2) is 0 Å².